The third-order valence-corrected chi connectivity index (χ3v) is 12.6. The first kappa shape index (κ1) is 21.0. The molecule has 0 aliphatic carbocycles. The Labute approximate surface area is 169 Å². The topological polar surface area (TPSA) is 3.24 Å². The van der Waals surface area contributed by atoms with Gasteiger partial charge in [-0.15, -0.1) is 0 Å². The summed E-state index contributed by atoms with van der Waals surface area (Å²) in [5, 5.41) is 0. The summed E-state index contributed by atoms with van der Waals surface area (Å²) in [6.07, 6.45) is 7.97. The van der Waals surface area contributed by atoms with Crippen molar-refractivity contribution in [3.63, 3.8) is 0 Å². The molecule has 146 valence electrons. The van der Waals surface area contributed by atoms with Crippen LogP contribution in [0, 0.1) is 0 Å². The highest BCUT2D eigenvalue weighted by Gasteiger charge is 2.42. The van der Waals surface area contributed by atoms with Crippen molar-refractivity contribution in [3.05, 3.63) is 71.8 Å². The molecule has 3 heteroatoms. The minimum absolute atomic E-state index is 0.0141. The molecular formula is C24H35NP2. The average molecular weight is 399 g/mol. The summed E-state index contributed by atoms with van der Waals surface area (Å²) in [5.41, 5.74) is 4.61. The molecule has 0 saturated carbocycles. The third kappa shape index (κ3) is 5.00. The predicted molar refractivity (Wildman–Crippen MR) is 124 cm³/mol. The Kier molecular flexibility index (Phi) is 8.32. The largest absolute Gasteiger partial charge is 0.259 e. The Hall–Kier alpha value is -0.740. The molecule has 1 saturated heterocycles. The zero-order chi connectivity index (χ0) is 19.1. The van der Waals surface area contributed by atoms with Gasteiger partial charge in [0, 0.05) is 17.9 Å². The first-order valence-electron chi connectivity index (χ1n) is 10.7. The van der Waals surface area contributed by atoms with E-state index in [2.05, 4.69) is 85.9 Å². The molecular weight excluding hydrogens is 364 g/mol. The number of hydrogen-bond donors (Lipinski definition) is 0. The lowest BCUT2D eigenvalue weighted by molar-refractivity contribution is 0.625. The number of benzene rings is 2. The first-order valence-corrected chi connectivity index (χ1v) is 13.8. The SMILES string of the molecule is CCCCN(P(CC)CC)P1C(c2ccccc2)CC[C@@H]1c1ccccc1. The third-order valence-electron chi connectivity index (χ3n) is 5.76. The van der Waals surface area contributed by atoms with Gasteiger partial charge in [0.1, 0.15) is 0 Å². The monoisotopic (exact) mass is 399 g/mol. The second kappa shape index (κ2) is 10.7. The van der Waals surface area contributed by atoms with Crippen LogP contribution in [-0.2, 0) is 0 Å². The zero-order valence-electron chi connectivity index (χ0n) is 17.2. The molecule has 0 amide bonds. The summed E-state index contributed by atoms with van der Waals surface area (Å²) < 4.78 is 3.04. The van der Waals surface area contributed by atoms with E-state index in [1.807, 2.05) is 0 Å². The van der Waals surface area contributed by atoms with Crippen LogP contribution in [0.2, 0.25) is 0 Å². The molecule has 1 aliphatic heterocycles. The van der Waals surface area contributed by atoms with Crippen LogP contribution in [0.4, 0.5) is 0 Å². The maximum atomic E-state index is 3.04. The fourth-order valence-electron chi connectivity index (χ4n) is 4.36. The van der Waals surface area contributed by atoms with Crippen LogP contribution in [0.15, 0.2) is 60.7 Å². The average Bonchev–Trinajstić information content (AvgIpc) is 3.17. The van der Waals surface area contributed by atoms with E-state index in [-0.39, 0.29) is 16.1 Å². The lowest BCUT2D eigenvalue weighted by Gasteiger charge is -2.42. The molecule has 1 nitrogen and oxygen atoms in total. The van der Waals surface area contributed by atoms with Crippen LogP contribution in [0.3, 0.4) is 0 Å². The Morgan fingerprint density at radius 3 is 1.70 bits per heavy atom. The number of hydrogen-bond acceptors (Lipinski definition) is 1. The van der Waals surface area contributed by atoms with Crippen molar-refractivity contribution >= 4 is 16.1 Å². The Balaban J connectivity index is 1.99. The highest BCUT2D eigenvalue weighted by molar-refractivity contribution is 7.70. The van der Waals surface area contributed by atoms with Crippen molar-refractivity contribution in [3.8, 4) is 0 Å². The number of rotatable bonds is 9. The molecule has 1 aliphatic rings. The van der Waals surface area contributed by atoms with Gasteiger partial charge < -0.3 is 0 Å². The zero-order valence-corrected chi connectivity index (χ0v) is 19.0. The smallest absolute Gasteiger partial charge is 0.0183 e. The fraction of sp³-hybridized carbons (Fsp3) is 0.500. The second-order valence-corrected chi connectivity index (χ2v) is 13.0. The number of nitrogens with zero attached hydrogens (tertiary/aromatic N) is 1. The normalized spacial score (nSPS) is 22.6. The van der Waals surface area contributed by atoms with Gasteiger partial charge in [-0.1, -0.05) is 87.9 Å². The van der Waals surface area contributed by atoms with Gasteiger partial charge in [0.05, 0.1) is 0 Å². The lowest BCUT2D eigenvalue weighted by Crippen LogP contribution is -2.19. The Morgan fingerprint density at radius 2 is 1.30 bits per heavy atom. The van der Waals surface area contributed by atoms with Crippen molar-refractivity contribution in [2.24, 2.45) is 0 Å². The van der Waals surface area contributed by atoms with E-state index in [0.717, 1.165) is 11.3 Å². The molecule has 0 aromatic heterocycles. The fourth-order valence-corrected chi connectivity index (χ4v) is 11.8. The Morgan fingerprint density at radius 1 is 0.815 bits per heavy atom. The van der Waals surface area contributed by atoms with Crippen molar-refractivity contribution in [1.82, 2.24) is 4.44 Å². The van der Waals surface area contributed by atoms with E-state index in [1.54, 1.807) is 11.1 Å². The van der Waals surface area contributed by atoms with Crippen molar-refractivity contribution in [2.75, 3.05) is 18.9 Å². The van der Waals surface area contributed by atoms with Gasteiger partial charge >= 0.3 is 0 Å². The molecule has 0 radical (unpaired) electrons. The molecule has 0 bridgehead atoms. The molecule has 27 heavy (non-hydrogen) atoms. The van der Waals surface area contributed by atoms with E-state index >= 15 is 0 Å². The standard InChI is InChI=1S/C24H35NP2/c1-4-7-20-25(26(5-2)6-3)27-23(21-14-10-8-11-15-21)18-19-24(27)22-16-12-9-13-17-22/h8-17,23-24H,4-7,18-20H2,1-3H3/t23-,24?,27?/m1/s1. The number of unbranched alkanes of at least 4 members (excludes halogenated alkanes) is 1. The predicted octanol–water partition coefficient (Wildman–Crippen LogP) is 8.20. The molecule has 0 spiro atoms. The Bertz CT molecular complexity index is 609. The van der Waals surface area contributed by atoms with Gasteiger partial charge in [-0.2, -0.15) is 0 Å². The van der Waals surface area contributed by atoms with E-state index in [9.17, 15) is 0 Å². The van der Waals surface area contributed by atoms with Crippen molar-refractivity contribution in [2.45, 2.75) is 57.8 Å². The molecule has 1 fully saturated rings. The van der Waals surface area contributed by atoms with Crippen LogP contribution in [0.5, 0.6) is 0 Å². The first-order chi connectivity index (χ1) is 13.3. The molecule has 2 aromatic carbocycles. The van der Waals surface area contributed by atoms with Crippen molar-refractivity contribution < 1.29 is 0 Å². The molecule has 3 atom stereocenters. The maximum absolute atomic E-state index is 3.04. The summed E-state index contributed by atoms with van der Waals surface area (Å²) in [5.74, 6) is 0. The van der Waals surface area contributed by atoms with E-state index < -0.39 is 0 Å². The summed E-state index contributed by atoms with van der Waals surface area (Å²) in [4.78, 5) is 0. The maximum Gasteiger partial charge on any atom is 0.0183 e. The van der Waals surface area contributed by atoms with E-state index in [0.29, 0.717) is 0 Å². The summed E-state index contributed by atoms with van der Waals surface area (Å²) in [7, 11) is -0.203. The van der Waals surface area contributed by atoms with Gasteiger partial charge in [-0.05, 0) is 58.9 Å². The van der Waals surface area contributed by atoms with Gasteiger partial charge in [-0.25, -0.2) is 0 Å². The molecule has 2 unspecified atom stereocenters. The highest BCUT2D eigenvalue weighted by atomic mass is 31.2. The minimum atomic E-state index is -0.188. The molecule has 3 rings (SSSR count). The lowest BCUT2D eigenvalue weighted by atomic mass is 10.0. The van der Waals surface area contributed by atoms with Crippen LogP contribution < -0.4 is 0 Å². The summed E-state index contributed by atoms with van der Waals surface area (Å²) in [6.45, 7) is 8.45. The molecule has 2 aromatic rings. The van der Waals surface area contributed by atoms with Gasteiger partial charge in [0.15, 0.2) is 0 Å². The highest BCUT2D eigenvalue weighted by Crippen LogP contribution is 2.76. The van der Waals surface area contributed by atoms with Crippen LogP contribution in [-0.4, -0.2) is 23.3 Å². The van der Waals surface area contributed by atoms with Crippen LogP contribution >= 0.6 is 16.1 Å². The minimum Gasteiger partial charge on any atom is -0.259 e. The van der Waals surface area contributed by atoms with Crippen LogP contribution in [0.25, 0.3) is 0 Å². The van der Waals surface area contributed by atoms with Crippen molar-refractivity contribution in [1.29, 1.82) is 0 Å². The van der Waals surface area contributed by atoms with Gasteiger partial charge in [0.2, 0.25) is 0 Å². The van der Waals surface area contributed by atoms with Crippen LogP contribution in [0.1, 0.15) is 68.9 Å². The van der Waals surface area contributed by atoms with Gasteiger partial charge in [0.25, 0.3) is 0 Å². The quantitative estimate of drug-likeness (QED) is 0.384. The van der Waals surface area contributed by atoms with E-state index in [4.69, 9.17) is 0 Å². The summed E-state index contributed by atoms with van der Waals surface area (Å²) in [6, 6.07) is 22.8. The summed E-state index contributed by atoms with van der Waals surface area (Å²) >= 11 is 0. The molecule has 1 heterocycles. The molecule has 0 N–H and O–H groups in total. The second-order valence-electron chi connectivity index (χ2n) is 7.40. The van der Waals surface area contributed by atoms with Gasteiger partial charge in [-0.3, -0.25) is 4.44 Å². The van der Waals surface area contributed by atoms with E-state index in [1.165, 1.54) is 44.6 Å².